The molecule has 1 spiro atoms. The van der Waals surface area contributed by atoms with E-state index in [1.54, 1.807) is 12.5 Å². The van der Waals surface area contributed by atoms with Gasteiger partial charge in [-0.1, -0.05) is 34.6 Å². The first-order chi connectivity index (χ1) is 15.5. The van der Waals surface area contributed by atoms with Gasteiger partial charge in [0.1, 0.15) is 17.8 Å². The second kappa shape index (κ2) is 5.58. The summed E-state index contributed by atoms with van der Waals surface area (Å²) in [6.45, 7) is 10.6. The monoisotopic (exact) mass is 456 g/mol. The van der Waals surface area contributed by atoms with Crippen LogP contribution in [-0.2, 0) is 23.8 Å². The van der Waals surface area contributed by atoms with Crippen molar-refractivity contribution in [2.75, 3.05) is 0 Å². The molecule has 0 amide bonds. The number of aliphatic hydroxyl groups is 1. The number of fused-ring (bicyclic) bond motifs is 5. The van der Waals surface area contributed by atoms with Crippen molar-refractivity contribution >= 4 is 11.8 Å². The van der Waals surface area contributed by atoms with Crippen molar-refractivity contribution in [3.05, 3.63) is 24.2 Å². The standard InChI is InChI=1S/C26H32O7/c1-22(2)14-10-15(27)25(5)13(24(14,4)19-16(31-19)17(22)28)6-8-23(3)18(12-7-9-30-11-12)32-21(29)20-26(23,25)33-20/h7,9,11,13-16,18-20,27H,6,8,10H2,1-5H3/t13-,14+,15-,16+,18+,19+,20-,23+,24-,25+,26-/m1/s1. The first-order valence-corrected chi connectivity index (χ1v) is 12.2. The normalized spacial score (nSPS) is 57.6. The van der Waals surface area contributed by atoms with Gasteiger partial charge in [0.15, 0.2) is 11.9 Å². The van der Waals surface area contributed by atoms with Gasteiger partial charge in [-0.3, -0.25) is 4.79 Å². The van der Waals surface area contributed by atoms with Crippen LogP contribution in [0.4, 0.5) is 0 Å². The van der Waals surface area contributed by atoms with Crippen LogP contribution in [0.3, 0.4) is 0 Å². The van der Waals surface area contributed by atoms with E-state index in [0.717, 1.165) is 18.4 Å². The zero-order valence-electron chi connectivity index (χ0n) is 19.8. The van der Waals surface area contributed by atoms with Crippen molar-refractivity contribution in [1.82, 2.24) is 0 Å². The molecular weight excluding hydrogens is 424 g/mol. The molecule has 6 aliphatic rings. The van der Waals surface area contributed by atoms with Gasteiger partial charge < -0.3 is 23.7 Å². The number of rotatable bonds is 1. The average molecular weight is 457 g/mol. The summed E-state index contributed by atoms with van der Waals surface area (Å²) >= 11 is 0. The first kappa shape index (κ1) is 20.7. The Kier molecular flexibility index (Phi) is 3.49. The molecule has 3 aliphatic heterocycles. The van der Waals surface area contributed by atoms with Gasteiger partial charge in [0, 0.05) is 27.2 Å². The fourth-order valence-corrected chi connectivity index (χ4v) is 9.70. The smallest absolute Gasteiger partial charge is 0.339 e. The van der Waals surface area contributed by atoms with Crippen LogP contribution in [0.25, 0.3) is 0 Å². The topological polar surface area (TPSA) is 102 Å². The number of hydrogen-bond acceptors (Lipinski definition) is 7. The van der Waals surface area contributed by atoms with Crippen molar-refractivity contribution < 1.29 is 33.3 Å². The third-order valence-corrected chi connectivity index (χ3v) is 11.3. The maximum atomic E-state index is 13.1. The van der Waals surface area contributed by atoms with E-state index in [4.69, 9.17) is 18.6 Å². The first-order valence-electron chi connectivity index (χ1n) is 12.2. The lowest BCUT2D eigenvalue weighted by molar-refractivity contribution is -0.258. The zero-order chi connectivity index (χ0) is 23.3. The Balaban J connectivity index is 1.39. The minimum atomic E-state index is -0.830. The number of furan rings is 1. The Hall–Kier alpha value is -1.70. The quantitative estimate of drug-likeness (QED) is 0.511. The van der Waals surface area contributed by atoms with Gasteiger partial charge >= 0.3 is 5.97 Å². The highest BCUT2D eigenvalue weighted by Gasteiger charge is 2.89. The molecule has 0 radical (unpaired) electrons. The summed E-state index contributed by atoms with van der Waals surface area (Å²) < 4.78 is 23.8. The fourth-order valence-electron chi connectivity index (χ4n) is 9.70. The summed E-state index contributed by atoms with van der Waals surface area (Å²) in [5.74, 6) is -0.145. The van der Waals surface area contributed by atoms with E-state index in [1.807, 2.05) is 19.9 Å². The highest BCUT2D eigenvalue weighted by molar-refractivity contribution is 5.92. The second-order valence-corrected chi connectivity index (χ2v) is 12.6. The van der Waals surface area contributed by atoms with Crippen LogP contribution in [0, 0.1) is 33.5 Å². The van der Waals surface area contributed by atoms with Crippen molar-refractivity contribution in [2.45, 2.75) is 90.0 Å². The predicted molar refractivity (Wildman–Crippen MR) is 114 cm³/mol. The third kappa shape index (κ3) is 1.92. The lowest BCUT2D eigenvalue weighted by Gasteiger charge is -2.68. The molecule has 33 heavy (non-hydrogen) atoms. The van der Waals surface area contributed by atoms with E-state index in [1.165, 1.54) is 0 Å². The molecule has 0 aromatic carbocycles. The van der Waals surface area contributed by atoms with Gasteiger partial charge in [-0.15, -0.1) is 0 Å². The molecule has 7 heteroatoms. The molecule has 3 aliphatic carbocycles. The largest absolute Gasteiger partial charge is 0.472 e. The van der Waals surface area contributed by atoms with E-state index in [0.29, 0.717) is 6.42 Å². The molecule has 4 heterocycles. The number of cyclic esters (lactones) is 1. The molecule has 6 fully saturated rings. The highest BCUT2D eigenvalue weighted by Crippen LogP contribution is 2.80. The maximum absolute atomic E-state index is 13.1. The van der Waals surface area contributed by atoms with Gasteiger partial charge in [0.05, 0.1) is 24.7 Å². The Morgan fingerprint density at radius 3 is 2.52 bits per heavy atom. The zero-order valence-corrected chi connectivity index (χ0v) is 19.8. The van der Waals surface area contributed by atoms with Crippen LogP contribution in [-0.4, -0.2) is 46.9 Å². The van der Waals surface area contributed by atoms with E-state index in [2.05, 4.69) is 20.8 Å². The van der Waals surface area contributed by atoms with Crippen molar-refractivity contribution in [1.29, 1.82) is 0 Å². The van der Waals surface area contributed by atoms with Crippen LogP contribution in [0.15, 0.2) is 23.0 Å². The van der Waals surface area contributed by atoms with Gasteiger partial charge in [-0.25, -0.2) is 4.79 Å². The van der Waals surface area contributed by atoms with Crippen molar-refractivity contribution in [2.24, 2.45) is 33.5 Å². The van der Waals surface area contributed by atoms with E-state index in [-0.39, 0.29) is 41.2 Å². The number of carbonyl (C=O) groups excluding carboxylic acids is 2. The second-order valence-electron chi connectivity index (χ2n) is 12.6. The number of Topliss-reactive ketones (excluding diaryl/α,β-unsaturated/α-hetero) is 1. The maximum Gasteiger partial charge on any atom is 0.339 e. The van der Waals surface area contributed by atoms with Gasteiger partial charge in [-0.2, -0.15) is 0 Å². The Morgan fingerprint density at radius 1 is 1.06 bits per heavy atom. The summed E-state index contributed by atoms with van der Waals surface area (Å²) in [4.78, 5) is 26.2. The van der Waals surface area contributed by atoms with Gasteiger partial charge in [0.25, 0.3) is 0 Å². The summed E-state index contributed by atoms with van der Waals surface area (Å²) in [6.07, 6.45) is 3.01. The van der Waals surface area contributed by atoms with Crippen LogP contribution < -0.4 is 0 Å². The molecule has 7 rings (SSSR count). The van der Waals surface area contributed by atoms with Crippen LogP contribution in [0.5, 0.6) is 0 Å². The number of aliphatic hydroxyl groups excluding tert-OH is 1. The van der Waals surface area contributed by atoms with E-state index in [9.17, 15) is 14.7 Å². The summed E-state index contributed by atoms with van der Waals surface area (Å²) in [7, 11) is 0. The lowest BCUT2D eigenvalue weighted by atomic mass is 9.35. The molecule has 1 N–H and O–H groups in total. The summed E-state index contributed by atoms with van der Waals surface area (Å²) in [6, 6.07) is 1.85. The Labute approximate surface area is 193 Å². The lowest BCUT2D eigenvalue weighted by Crippen LogP contribution is -2.74. The van der Waals surface area contributed by atoms with Gasteiger partial charge in [-0.05, 0) is 37.2 Å². The number of esters is 1. The molecule has 1 aromatic rings. The summed E-state index contributed by atoms with van der Waals surface area (Å²) in [5.41, 5.74) is -2.04. The number of epoxide rings is 2. The number of ether oxygens (including phenoxy) is 3. The highest BCUT2D eigenvalue weighted by atomic mass is 16.7. The fraction of sp³-hybridized carbons (Fsp3) is 0.769. The van der Waals surface area contributed by atoms with E-state index < -0.39 is 40.2 Å². The molecule has 0 bridgehead atoms. The van der Waals surface area contributed by atoms with Crippen molar-refractivity contribution in [3.63, 3.8) is 0 Å². The van der Waals surface area contributed by atoms with Gasteiger partial charge in [0.2, 0.25) is 0 Å². The molecule has 7 nitrogen and oxygen atoms in total. The molecule has 3 saturated heterocycles. The minimum Gasteiger partial charge on any atom is -0.472 e. The summed E-state index contributed by atoms with van der Waals surface area (Å²) in [5, 5.41) is 11.9. The van der Waals surface area contributed by atoms with Crippen molar-refractivity contribution in [3.8, 4) is 0 Å². The number of carbonyl (C=O) groups is 2. The Bertz CT molecular complexity index is 1080. The third-order valence-electron chi connectivity index (χ3n) is 11.3. The van der Waals surface area contributed by atoms with Crippen LogP contribution in [0.1, 0.15) is 65.5 Å². The number of hydrogen-bond donors (Lipinski definition) is 1. The number of ketones is 1. The molecule has 178 valence electrons. The SMILES string of the molecule is CC1(C)C(=O)[C@@H]2O[C@@H]2[C@]2(C)[C@H]3CC[C@@]4(C)[C@H](c5ccoc5)OC(=O)[C@H]5O[C@]54[C@]3(C)[C@H](O)C[C@@H]12. The average Bonchev–Trinajstić information content (AvgIpc) is 3.66. The molecular formula is C26H32O7. The molecule has 11 atom stereocenters. The molecule has 1 aromatic heterocycles. The van der Waals surface area contributed by atoms with Crippen LogP contribution >= 0.6 is 0 Å². The minimum absolute atomic E-state index is 0.00694. The molecule has 0 unspecified atom stereocenters. The van der Waals surface area contributed by atoms with E-state index >= 15 is 0 Å². The Morgan fingerprint density at radius 2 is 1.82 bits per heavy atom. The van der Waals surface area contributed by atoms with Crippen LogP contribution in [0.2, 0.25) is 0 Å². The predicted octanol–water partition coefficient (Wildman–Crippen LogP) is 3.20. The molecule has 3 saturated carbocycles.